The number of nitrogens with one attached hydrogen (secondary N) is 2. The number of anilines is 2. The summed E-state index contributed by atoms with van der Waals surface area (Å²) in [6.07, 6.45) is 3.35. The summed E-state index contributed by atoms with van der Waals surface area (Å²) in [7, 11) is 0. The van der Waals surface area contributed by atoms with Gasteiger partial charge in [-0.1, -0.05) is 18.2 Å². The van der Waals surface area contributed by atoms with E-state index in [2.05, 4.69) is 20.7 Å². The molecule has 0 aliphatic carbocycles. The van der Waals surface area contributed by atoms with Gasteiger partial charge < -0.3 is 10.6 Å². The molecule has 0 aliphatic rings. The molecule has 2 amide bonds. The number of carbonyl (C=O) groups is 2. The first-order chi connectivity index (χ1) is 13.5. The van der Waals surface area contributed by atoms with Gasteiger partial charge >= 0.3 is 0 Å². The van der Waals surface area contributed by atoms with Crippen molar-refractivity contribution in [2.45, 2.75) is 25.8 Å². The van der Waals surface area contributed by atoms with Crippen LogP contribution in [0.5, 0.6) is 0 Å². The van der Waals surface area contributed by atoms with Crippen LogP contribution in [0.2, 0.25) is 0 Å². The predicted molar refractivity (Wildman–Crippen MR) is 103 cm³/mol. The lowest BCUT2D eigenvalue weighted by molar-refractivity contribution is -0.119. The molecule has 2 aromatic carbocycles. The summed E-state index contributed by atoms with van der Waals surface area (Å²) in [4.78, 5) is 28.1. The molecule has 1 atom stereocenters. The zero-order valence-corrected chi connectivity index (χ0v) is 15.3. The van der Waals surface area contributed by atoms with Gasteiger partial charge in [-0.3, -0.25) is 9.59 Å². The Balaban J connectivity index is 1.50. The van der Waals surface area contributed by atoms with Crippen LogP contribution in [-0.4, -0.2) is 26.6 Å². The number of carbonyl (C=O) groups excluding carboxylic acids is 2. The molecule has 0 saturated carbocycles. The molecule has 2 N–H and O–H groups in total. The Morgan fingerprint density at radius 1 is 1.07 bits per heavy atom. The van der Waals surface area contributed by atoms with E-state index in [1.807, 2.05) is 0 Å². The molecule has 1 heterocycles. The van der Waals surface area contributed by atoms with Crippen LogP contribution in [0, 0.1) is 5.82 Å². The molecule has 8 heteroatoms. The van der Waals surface area contributed by atoms with Crippen molar-refractivity contribution in [1.82, 2.24) is 14.8 Å². The Bertz CT molecular complexity index is 941. The number of halogens is 1. The molecule has 0 saturated heterocycles. The summed E-state index contributed by atoms with van der Waals surface area (Å²) in [5.41, 5.74) is 1.71. The Morgan fingerprint density at radius 3 is 2.39 bits per heavy atom. The first-order valence-electron chi connectivity index (χ1n) is 8.81. The zero-order chi connectivity index (χ0) is 19.9. The molecular formula is C20H20FN5O2. The molecule has 0 spiro atoms. The van der Waals surface area contributed by atoms with Gasteiger partial charge in [-0.2, -0.15) is 5.10 Å². The van der Waals surface area contributed by atoms with Gasteiger partial charge in [-0.25, -0.2) is 14.1 Å². The minimum Gasteiger partial charge on any atom is -0.326 e. The molecule has 0 radical (unpaired) electrons. The maximum Gasteiger partial charge on any atom is 0.249 e. The maximum absolute atomic E-state index is 13.6. The highest BCUT2D eigenvalue weighted by Crippen LogP contribution is 2.16. The molecule has 1 aromatic heterocycles. The standard InChI is InChI=1S/C20H20FN5O2/c1-14(26-13-22-12-23-26)20(28)25-17-9-7-16(8-10-17)24-19(27)11-6-15-4-2-3-5-18(15)21/h2-5,7-10,12-14H,6,11H2,1H3,(H,24,27)(H,25,28). The summed E-state index contributed by atoms with van der Waals surface area (Å²) in [5, 5.41) is 9.49. The lowest BCUT2D eigenvalue weighted by atomic mass is 10.1. The fourth-order valence-corrected chi connectivity index (χ4v) is 2.59. The van der Waals surface area contributed by atoms with Gasteiger partial charge in [0.2, 0.25) is 11.8 Å². The van der Waals surface area contributed by atoms with Gasteiger partial charge in [0.15, 0.2) is 0 Å². The summed E-state index contributed by atoms with van der Waals surface area (Å²) < 4.78 is 15.0. The van der Waals surface area contributed by atoms with Crippen molar-refractivity contribution in [3.8, 4) is 0 Å². The van der Waals surface area contributed by atoms with Gasteiger partial charge in [0.05, 0.1) is 0 Å². The summed E-state index contributed by atoms with van der Waals surface area (Å²) in [6.45, 7) is 1.72. The van der Waals surface area contributed by atoms with Gasteiger partial charge in [-0.05, 0) is 49.2 Å². The highest BCUT2D eigenvalue weighted by atomic mass is 19.1. The lowest BCUT2D eigenvalue weighted by Gasteiger charge is -2.12. The topological polar surface area (TPSA) is 88.9 Å². The SMILES string of the molecule is CC(C(=O)Nc1ccc(NC(=O)CCc2ccccc2F)cc1)n1cncn1. The second-order valence-electron chi connectivity index (χ2n) is 6.26. The van der Waals surface area contributed by atoms with E-state index in [0.717, 1.165) is 0 Å². The third-order valence-corrected chi connectivity index (χ3v) is 4.23. The van der Waals surface area contributed by atoms with Crippen molar-refractivity contribution >= 4 is 23.2 Å². The van der Waals surface area contributed by atoms with E-state index < -0.39 is 6.04 Å². The number of nitrogens with zero attached hydrogens (tertiary/aromatic N) is 3. The fraction of sp³-hybridized carbons (Fsp3) is 0.200. The van der Waals surface area contributed by atoms with Gasteiger partial charge in [0, 0.05) is 17.8 Å². The molecule has 144 valence electrons. The lowest BCUT2D eigenvalue weighted by Crippen LogP contribution is -2.24. The number of aromatic nitrogens is 3. The van der Waals surface area contributed by atoms with E-state index in [4.69, 9.17) is 0 Å². The average molecular weight is 381 g/mol. The second kappa shape index (κ2) is 8.90. The number of rotatable bonds is 7. The van der Waals surface area contributed by atoms with Crippen molar-refractivity contribution in [2.24, 2.45) is 0 Å². The summed E-state index contributed by atoms with van der Waals surface area (Å²) >= 11 is 0. The Kier molecular flexibility index (Phi) is 6.11. The molecule has 0 fully saturated rings. The monoisotopic (exact) mass is 381 g/mol. The highest BCUT2D eigenvalue weighted by molar-refractivity contribution is 5.94. The van der Waals surface area contributed by atoms with Gasteiger partial charge in [-0.15, -0.1) is 0 Å². The van der Waals surface area contributed by atoms with Crippen LogP contribution in [0.15, 0.2) is 61.2 Å². The van der Waals surface area contributed by atoms with Crippen LogP contribution >= 0.6 is 0 Å². The smallest absolute Gasteiger partial charge is 0.249 e. The van der Waals surface area contributed by atoms with Crippen molar-refractivity contribution in [2.75, 3.05) is 10.6 Å². The third kappa shape index (κ3) is 5.00. The van der Waals surface area contributed by atoms with Crippen LogP contribution in [0.4, 0.5) is 15.8 Å². The maximum atomic E-state index is 13.6. The van der Waals surface area contributed by atoms with E-state index in [1.165, 1.54) is 23.4 Å². The number of benzene rings is 2. The van der Waals surface area contributed by atoms with E-state index in [9.17, 15) is 14.0 Å². The molecule has 1 unspecified atom stereocenters. The molecule has 0 bridgehead atoms. The van der Waals surface area contributed by atoms with E-state index in [-0.39, 0.29) is 24.1 Å². The normalized spacial score (nSPS) is 11.6. The van der Waals surface area contributed by atoms with Crippen molar-refractivity contribution in [3.05, 3.63) is 72.6 Å². The molecule has 3 aromatic rings. The number of amides is 2. The Hall–Kier alpha value is -3.55. The number of aryl methyl sites for hydroxylation is 1. The number of hydrogen-bond acceptors (Lipinski definition) is 4. The quantitative estimate of drug-likeness (QED) is 0.658. The van der Waals surface area contributed by atoms with E-state index >= 15 is 0 Å². The van der Waals surface area contributed by atoms with Crippen LogP contribution in [0.3, 0.4) is 0 Å². The molecule has 0 aliphatic heterocycles. The number of hydrogen-bond donors (Lipinski definition) is 2. The van der Waals surface area contributed by atoms with Crippen molar-refractivity contribution in [1.29, 1.82) is 0 Å². The largest absolute Gasteiger partial charge is 0.326 e. The van der Waals surface area contributed by atoms with Crippen molar-refractivity contribution < 1.29 is 14.0 Å². The van der Waals surface area contributed by atoms with Crippen LogP contribution in [0.1, 0.15) is 24.9 Å². The van der Waals surface area contributed by atoms with Crippen LogP contribution < -0.4 is 10.6 Å². The molecule has 3 rings (SSSR count). The zero-order valence-electron chi connectivity index (χ0n) is 15.3. The first kappa shape index (κ1) is 19.2. The van der Waals surface area contributed by atoms with Gasteiger partial charge in [0.1, 0.15) is 24.5 Å². The van der Waals surface area contributed by atoms with Crippen molar-refractivity contribution in [3.63, 3.8) is 0 Å². The fourth-order valence-electron chi connectivity index (χ4n) is 2.59. The van der Waals surface area contributed by atoms with E-state index in [0.29, 0.717) is 23.4 Å². The first-order valence-corrected chi connectivity index (χ1v) is 8.81. The van der Waals surface area contributed by atoms with Crippen LogP contribution in [-0.2, 0) is 16.0 Å². The van der Waals surface area contributed by atoms with Crippen LogP contribution in [0.25, 0.3) is 0 Å². The average Bonchev–Trinajstić information content (AvgIpc) is 3.23. The molecular weight excluding hydrogens is 361 g/mol. The highest BCUT2D eigenvalue weighted by Gasteiger charge is 2.15. The van der Waals surface area contributed by atoms with Gasteiger partial charge in [0.25, 0.3) is 0 Å². The summed E-state index contributed by atoms with van der Waals surface area (Å²) in [6, 6.07) is 12.7. The third-order valence-electron chi connectivity index (χ3n) is 4.23. The molecule has 28 heavy (non-hydrogen) atoms. The summed E-state index contributed by atoms with van der Waals surface area (Å²) in [5.74, 6) is -0.748. The predicted octanol–water partition coefficient (Wildman–Crippen LogP) is 3.19. The Labute approximate surface area is 161 Å². The van der Waals surface area contributed by atoms with E-state index in [1.54, 1.807) is 49.4 Å². The minimum absolute atomic E-state index is 0.175. The minimum atomic E-state index is -0.500. The molecule has 7 nitrogen and oxygen atoms in total. The Morgan fingerprint density at radius 2 is 1.75 bits per heavy atom. The second-order valence-corrected chi connectivity index (χ2v) is 6.26.